The molecule has 0 aromatic heterocycles. The maximum atomic E-state index is 10.4. The highest BCUT2D eigenvalue weighted by molar-refractivity contribution is 7.85. The van der Waals surface area contributed by atoms with E-state index in [-0.39, 0.29) is 12.2 Å². The molecule has 0 aliphatic carbocycles. The van der Waals surface area contributed by atoms with Gasteiger partial charge in [0.15, 0.2) is 0 Å². The van der Waals surface area contributed by atoms with Crippen LogP contribution in [0.1, 0.15) is 0 Å². The van der Waals surface area contributed by atoms with E-state index >= 15 is 0 Å². The summed E-state index contributed by atoms with van der Waals surface area (Å²) in [5.74, 6) is 0. The predicted octanol–water partition coefficient (Wildman–Crippen LogP) is 2.46. The van der Waals surface area contributed by atoms with Crippen molar-refractivity contribution in [1.29, 1.82) is 0 Å². The van der Waals surface area contributed by atoms with E-state index < -0.39 is 10.1 Å². The molecule has 0 heterocycles. The highest BCUT2D eigenvalue weighted by Crippen LogP contribution is 2.40. The van der Waals surface area contributed by atoms with E-state index in [9.17, 15) is 8.42 Å². The second kappa shape index (κ2) is 5.59. The summed E-state index contributed by atoms with van der Waals surface area (Å²) in [5, 5.41) is 0. The van der Waals surface area contributed by atoms with Gasteiger partial charge in [-0.2, -0.15) is 8.42 Å². The summed E-state index contributed by atoms with van der Waals surface area (Å²) in [6.07, 6.45) is 0. The smallest absolute Gasteiger partial charge is 0.282 e. The van der Waals surface area contributed by atoms with Gasteiger partial charge in [0.2, 0.25) is 0 Å². The van der Waals surface area contributed by atoms with Crippen LogP contribution in [0.4, 0.5) is 0 Å². The molecule has 0 radical (unpaired) electrons. The van der Waals surface area contributed by atoms with Gasteiger partial charge in [-0.15, -0.1) is 0 Å². The maximum Gasteiger partial charge on any atom is 0.294 e. The summed E-state index contributed by atoms with van der Waals surface area (Å²) in [6, 6.07) is 7.42. The Morgan fingerprint density at radius 2 is 1.33 bits per heavy atom. The highest BCUT2D eigenvalue weighted by atomic mass is 32.2. The summed E-state index contributed by atoms with van der Waals surface area (Å²) in [6.45, 7) is 9.19. The molecular weight excluding hydrogens is 231 g/mol. The first-order chi connectivity index (χ1) is 6.61. The van der Waals surface area contributed by atoms with Crippen molar-refractivity contribution < 1.29 is 13.0 Å². The SMILES string of the molecule is C[P+](C)(C)C.O=S(=O)(O)c1ccccc1. The minimum Gasteiger partial charge on any atom is -0.282 e. The molecule has 0 saturated heterocycles. The molecule has 0 aliphatic rings. The van der Waals surface area contributed by atoms with Crippen LogP contribution in [-0.2, 0) is 10.1 Å². The minimum absolute atomic E-state index is 0.0741. The molecule has 0 unspecified atom stereocenters. The van der Waals surface area contributed by atoms with Crippen molar-refractivity contribution in [1.82, 2.24) is 0 Å². The fraction of sp³-hybridized carbons (Fsp3) is 0.400. The van der Waals surface area contributed by atoms with Crippen LogP contribution in [0.25, 0.3) is 0 Å². The van der Waals surface area contributed by atoms with Gasteiger partial charge in [0.05, 0.1) is 4.90 Å². The highest BCUT2D eigenvalue weighted by Gasteiger charge is 2.05. The lowest BCUT2D eigenvalue weighted by Crippen LogP contribution is -1.96. The molecule has 1 aromatic carbocycles. The van der Waals surface area contributed by atoms with Crippen LogP contribution in [0, 0.1) is 0 Å². The van der Waals surface area contributed by atoms with Gasteiger partial charge in [0.1, 0.15) is 0 Å². The van der Waals surface area contributed by atoms with Gasteiger partial charge in [-0.1, -0.05) is 18.2 Å². The van der Waals surface area contributed by atoms with Crippen LogP contribution in [0.2, 0.25) is 0 Å². The third-order valence-corrected chi connectivity index (χ3v) is 1.91. The first-order valence-electron chi connectivity index (χ1n) is 4.42. The first kappa shape index (κ1) is 14.6. The van der Waals surface area contributed by atoms with E-state index in [1.807, 2.05) is 0 Å². The zero-order valence-electron chi connectivity index (χ0n) is 9.51. The Labute approximate surface area is 92.6 Å². The molecule has 0 spiro atoms. The average molecular weight is 249 g/mol. The summed E-state index contributed by atoms with van der Waals surface area (Å²) in [4.78, 5) is -0.0741. The van der Waals surface area contributed by atoms with Gasteiger partial charge in [-0.25, -0.2) is 0 Å². The molecule has 0 saturated carbocycles. The van der Waals surface area contributed by atoms with E-state index in [1.54, 1.807) is 18.2 Å². The Morgan fingerprint density at radius 1 is 1.00 bits per heavy atom. The normalized spacial score (nSPS) is 11.5. The van der Waals surface area contributed by atoms with Gasteiger partial charge in [-0.3, -0.25) is 4.55 Å². The second-order valence-electron chi connectivity index (χ2n) is 4.47. The van der Waals surface area contributed by atoms with E-state index in [0.29, 0.717) is 0 Å². The molecule has 5 heteroatoms. The molecule has 1 N–H and O–H groups in total. The lowest BCUT2D eigenvalue weighted by Gasteiger charge is -1.97. The third-order valence-electron chi connectivity index (χ3n) is 1.04. The van der Waals surface area contributed by atoms with Gasteiger partial charge >= 0.3 is 0 Å². The molecule has 0 amide bonds. The fourth-order valence-corrected chi connectivity index (χ4v) is 1.09. The number of hydrogen-bond acceptors (Lipinski definition) is 2. The van der Waals surface area contributed by atoms with Crippen LogP contribution < -0.4 is 0 Å². The van der Waals surface area contributed by atoms with Crippen LogP contribution in [0.15, 0.2) is 35.2 Å². The maximum absolute atomic E-state index is 10.4. The molecule has 0 atom stereocenters. The Kier molecular flexibility index (Phi) is 5.43. The molecule has 3 nitrogen and oxygen atoms in total. The van der Waals surface area contributed by atoms with E-state index in [0.717, 1.165) is 0 Å². The van der Waals surface area contributed by atoms with Crippen molar-refractivity contribution in [3.05, 3.63) is 30.3 Å². The van der Waals surface area contributed by atoms with Crippen LogP contribution >= 0.6 is 7.26 Å². The third kappa shape index (κ3) is 9.85. The summed E-state index contributed by atoms with van der Waals surface area (Å²) < 4.78 is 29.2. The predicted molar refractivity (Wildman–Crippen MR) is 66.9 cm³/mol. The number of rotatable bonds is 1. The van der Waals surface area contributed by atoms with Crippen LogP contribution in [0.3, 0.4) is 0 Å². The van der Waals surface area contributed by atoms with Crippen molar-refractivity contribution in [2.75, 3.05) is 26.7 Å². The summed E-state index contributed by atoms with van der Waals surface area (Å²) in [7, 11) is -4.39. The first-order valence-corrected chi connectivity index (χ1v) is 9.44. The molecule has 1 aromatic rings. The Hall–Kier alpha value is -0.440. The Bertz CT molecular complexity index is 373. The minimum atomic E-state index is -4.00. The molecule has 86 valence electrons. The molecule has 15 heavy (non-hydrogen) atoms. The van der Waals surface area contributed by atoms with Crippen molar-refractivity contribution >= 4 is 17.4 Å². The monoisotopic (exact) mass is 249 g/mol. The quantitative estimate of drug-likeness (QED) is 0.614. The lowest BCUT2D eigenvalue weighted by atomic mass is 10.4. The van der Waals surface area contributed by atoms with Gasteiger partial charge < -0.3 is 0 Å². The number of hydrogen-bond donors (Lipinski definition) is 1. The van der Waals surface area contributed by atoms with E-state index in [1.165, 1.54) is 12.1 Å². The van der Waals surface area contributed by atoms with Crippen molar-refractivity contribution in [2.45, 2.75) is 4.90 Å². The number of benzene rings is 1. The Balaban J connectivity index is 0.000000336. The Morgan fingerprint density at radius 3 is 1.53 bits per heavy atom. The largest absolute Gasteiger partial charge is 0.294 e. The molecule has 0 fully saturated rings. The average Bonchev–Trinajstić information content (AvgIpc) is 2.01. The fourth-order valence-electron chi connectivity index (χ4n) is 0.592. The van der Waals surface area contributed by atoms with Gasteiger partial charge in [0.25, 0.3) is 10.1 Å². The molecule has 0 bridgehead atoms. The second-order valence-corrected chi connectivity index (χ2v) is 11.3. The zero-order chi connectivity index (χ0) is 12.1. The van der Waals surface area contributed by atoms with E-state index in [2.05, 4.69) is 26.7 Å². The van der Waals surface area contributed by atoms with Crippen LogP contribution in [-0.4, -0.2) is 39.6 Å². The van der Waals surface area contributed by atoms with Crippen molar-refractivity contribution in [2.24, 2.45) is 0 Å². The molecule has 1 rings (SSSR count). The van der Waals surface area contributed by atoms with Crippen LogP contribution in [0.5, 0.6) is 0 Å². The lowest BCUT2D eigenvalue weighted by molar-refractivity contribution is 0.483. The van der Waals surface area contributed by atoms with E-state index in [4.69, 9.17) is 4.55 Å². The molecule has 0 aliphatic heterocycles. The summed E-state index contributed by atoms with van der Waals surface area (Å²) in [5.41, 5.74) is 0. The van der Waals surface area contributed by atoms with Crippen molar-refractivity contribution in [3.8, 4) is 0 Å². The summed E-state index contributed by atoms with van der Waals surface area (Å²) >= 11 is 0. The van der Waals surface area contributed by atoms with Gasteiger partial charge in [-0.05, 0) is 12.1 Å². The van der Waals surface area contributed by atoms with Gasteiger partial charge in [0, 0.05) is 33.9 Å². The topological polar surface area (TPSA) is 54.4 Å². The standard InChI is InChI=1S/C6H6O3S.C4H12P/c7-10(8,9)6-4-2-1-3-5-6;1-5(2,3)4/h1-5H,(H,7,8,9);1-4H3/q;+1. The molecular formula is C10H18O3PS+. The van der Waals surface area contributed by atoms with Crippen molar-refractivity contribution in [3.63, 3.8) is 0 Å². The zero-order valence-corrected chi connectivity index (χ0v) is 11.2.